The van der Waals surface area contributed by atoms with Crippen LogP contribution in [0.15, 0.2) is 48.5 Å². The van der Waals surface area contributed by atoms with Gasteiger partial charge in [-0.2, -0.15) is 0 Å². The van der Waals surface area contributed by atoms with Crippen molar-refractivity contribution in [2.45, 2.75) is 52.1 Å². The second-order valence-corrected chi connectivity index (χ2v) is 8.10. The summed E-state index contributed by atoms with van der Waals surface area (Å²) in [4.78, 5) is 27.7. The van der Waals surface area contributed by atoms with Crippen molar-refractivity contribution in [3.63, 3.8) is 0 Å². The molecule has 0 spiro atoms. The molecule has 0 radical (unpaired) electrons. The lowest BCUT2D eigenvalue weighted by atomic mass is 10.1. The highest BCUT2D eigenvalue weighted by Gasteiger charge is 2.29. The van der Waals surface area contributed by atoms with Gasteiger partial charge in [0.2, 0.25) is 11.8 Å². The van der Waals surface area contributed by atoms with E-state index < -0.39 is 6.04 Å². The first-order valence-corrected chi connectivity index (χ1v) is 10.7. The standard InChI is InChI=1S/C23H28Cl2N2O2/c1-4-21(23(29)26-16(2)3)27(14-13-17-9-6-5-7-10-17)22(28)15-18-19(24)11-8-12-20(18)25/h5-12,16,21H,4,13-15H2,1-3H3,(H,26,29)/t21-/m1/s1. The highest BCUT2D eigenvalue weighted by molar-refractivity contribution is 6.36. The number of amides is 2. The quantitative estimate of drug-likeness (QED) is 0.609. The van der Waals surface area contributed by atoms with Crippen molar-refractivity contribution in [1.82, 2.24) is 10.2 Å². The second-order valence-electron chi connectivity index (χ2n) is 7.29. The number of benzene rings is 2. The number of carbonyl (C=O) groups excluding carboxylic acids is 2. The highest BCUT2D eigenvalue weighted by atomic mass is 35.5. The van der Waals surface area contributed by atoms with Gasteiger partial charge in [-0.1, -0.05) is 66.5 Å². The van der Waals surface area contributed by atoms with Crippen LogP contribution in [0.1, 0.15) is 38.3 Å². The third-order valence-corrected chi connectivity index (χ3v) is 5.40. The third kappa shape index (κ3) is 6.76. The van der Waals surface area contributed by atoms with Gasteiger partial charge in [0.25, 0.3) is 0 Å². The fraction of sp³-hybridized carbons (Fsp3) is 0.391. The number of hydrogen-bond donors (Lipinski definition) is 1. The van der Waals surface area contributed by atoms with Crippen LogP contribution in [0.4, 0.5) is 0 Å². The number of nitrogens with zero attached hydrogens (tertiary/aromatic N) is 1. The molecule has 2 amide bonds. The highest BCUT2D eigenvalue weighted by Crippen LogP contribution is 2.25. The number of rotatable bonds is 9. The molecule has 0 fully saturated rings. The summed E-state index contributed by atoms with van der Waals surface area (Å²) in [6, 6.07) is 14.6. The lowest BCUT2D eigenvalue weighted by molar-refractivity contribution is -0.140. The maximum Gasteiger partial charge on any atom is 0.242 e. The van der Waals surface area contributed by atoms with Gasteiger partial charge in [-0.3, -0.25) is 9.59 Å². The lowest BCUT2D eigenvalue weighted by Crippen LogP contribution is -2.51. The Balaban J connectivity index is 2.26. The number of nitrogens with one attached hydrogen (secondary N) is 1. The Morgan fingerprint density at radius 2 is 1.62 bits per heavy atom. The molecule has 0 aliphatic carbocycles. The van der Waals surface area contributed by atoms with E-state index in [1.807, 2.05) is 51.1 Å². The molecule has 2 aromatic carbocycles. The molecule has 2 aromatic rings. The SMILES string of the molecule is CC[C@H](C(=O)NC(C)C)N(CCc1ccccc1)C(=O)Cc1c(Cl)cccc1Cl. The molecule has 2 rings (SSSR count). The molecule has 0 unspecified atom stereocenters. The van der Waals surface area contributed by atoms with Crippen molar-refractivity contribution < 1.29 is 9.59 Å². The zero-order chi connectivity index (χ0) is 21.4. The fourth-order valence-electron chi connectivity index (χ4n) is 3.23. The van der Waals surface area contributed by atoms with E-state index in [1.54, 1.807) is 23.1 Å². The summed E-state index contributed by atoms with van der Waals surface area (Å²) in [7, 11) is 0. The van der Waals surface area contributed by atoms with E-state index in [4.69, 9.17) is 23.2 Å². The van der Waals surface area contributed by atoms with Gasteiger partial charge in [0.15, 0.2) is 0 Å². The molecule has 0 aliphatic heterocycles. The van der Waals surface area contributed by atoms with Crippen molar-refractivity contribution in [3.05, 3.63) is 69.7 Å². The normalized spacial score (nSPS) is 11.9. The summed E-state index contributed by atoms with van der Waals surface area (Å²) >= 11 is 12.5. The maximum atomic E-state index is 13.3. The molecule has 0 heterocycles. The van der Waals surface area contributed by atoms with Crippen LogP contribution in [0, 0.1) is 0 Å². The Morgan fingerprint density at radius 3 is 2.17 bits per heavy atom. The molecule has 156 valence electrons. The molecular weight excluding hydrogens is 407 g/mol. The van der Waals surface area contributed by atoms with E-state index >= 15 is 0 Å². The van der Waals surface area contributed by atoms with Crippen LogP contribution in [0.25, 0.3) is 0 Å². The van der Waals surface area contributed by atoms with E-state index in [0.29, 0.717) is 35.0 Å². The molecule has 6 heteroatoms. The number of hydrogen-bond acceptors (Lipinski definition) is 2. The van der Waals surface area contributed by atoms with Gasteiger partial charge in [0, 0.05) is 22.6 Å². The van der Waals surface area contributed by atoms with E-state index in [9.17, 15) is 9.59 Å². The van der Waals surface area contributed by atoms with Gasteiger partial charge >= 0.3 is 0 Å². The van der Waals surface area contributed by atoms with Gasteiger partial charge in [-0.25, -0.2) is 0 Å². The van der Waals surface area contributed by atoms with Crippen molar-refractivity contribution in [3.8, 4) is 0 Å². The summed E-state index contributed by atoms with van der Waals surface area (Å²) < 4.78 is 0. The van der Waals surface area contributed by atoms with Crippen molar-refractivity contribution in [1.29, 1.82) is 0 Å². The number of carbonyl (C=O) groups is 2. The van der Waals surface area contributed by atoms with Crippen LogP contribution in [0.2, 0.25) is 10.0 Å². The van der Waals surface area contributed by atoms with E-state index in [2.05, 4.69) is 5.32 Å². The molecule has 4 nitrogen and oxygen atoms in total. The predicted molar refractivity (Wildman–Crippen MR) is 119 cm³/mol. The van der Waals surface area contributed by atoms with Crippen LogP contribution in [-0.4, -0.2) is 35.3 Å². The first-order valence-electron chi connectivity index (χ1n) is 9.90. The minimum absolute atomic E-state index is 0.000590. The molecule has 0 aliphatic rings. The smallest absolute Gasteiger partial charge is 0.242 e. The molecule has 0 aromatic heterocycles. The minimum atomic E-state index is -0.546. The van der Waals surface area contributed by atoms with Crippen LogP contribution < -0.4 is 5.32 Å². The van der Waals surface area contributed by atoms with Crippen LogP contribution >= 0.6 is 23.2 Å². The monoisotopic (exact) mass is 434 g/mol. The van der Waals surface area contributed by atoms with Gasteiger partial charge in [0.1, 0.15) is 6.04 Å². The Bertz CT molecular complexity index is 805. The summed E-state index contributed by atoms with van der Waals surface area (Å²) in [5.41, 5.74) is 1.70. The summed E-state index contributed by atoms with van der Waals surface area (Å²) in [6.45, 7) is 6.17. The zero-order valence-corrected chi connectivity index (χ0v) is 18.6. The first-order chi connectivity index (χ1) is 13.8. The number of halogens is 2. The zero-order valence-electron chi connectivity index (χ0n) is 17.1. The van der Waals surface area contributed by atoms with E-state index in [-0.39, 0.29) is 24.3 Å². The molecule has 0 saturated heterocycles. The Morgan fingerprint density at radius 1 is 1.00 bits per heavy atom. The van der Waals surface area contributed by atoms with Gasteiger partial charge < -0.3 is 10.2 Å². The molecular formula is C23H28Cl2N2O2. The molecule has 29 heavy (non-hydrogen) atoms. The molecule has 0 bridgehead atoms. The minimum Gasteiger partial charge on any atom is -0.352 e. The van der Waals surface area contributed by atoms with Crippen LogP contribution in [-0.2, 0) is 22.4 Å². The molecule has 1 N–H and O–H groups in total. The first kappa shape index (κ1) is 23.2. The Kier molecular flexibility index (Phi) is 8.99. The van der Waals surface area contributed by atoms with Gasteiger partial charge in [-0.05, 0) is 49.9 Å². The Hall–Kier alpha value is -2.04. The van der Waals surface area contributed by atoms with Crippen LogP contribution in [0.3, 0.4) is 0 Å². The molecule has 0 saturated carbocycles. The predicted octanol–water partition coefficient (Wildman–Crippen LogP) is 4.91. The van der Waals surface area contributed by atoms with Gasteiger partial charge in [-0.15, -0.1) is 0 Å². The van der Waals surface area contributed by atoms with Crippen molar-refractivity contribution in [2.24, 2.45) is 0 Å². The van der Waals surface area contributed by atoms with Gasteiger partial charge in [0.05, 0.1) is 6.42 Å². The summed E-state index contributed by atoms with van der Waals surface area (Å²) in [6.07, 6.45) is 1.24. The lowest BCUT2D eigenvalue weighted by Gasteiger charge is -2.31. The average Bonchev–Trinajstić information content (AvgIpc) is 2.68. The Labute approximate surface area is 183 Å². The van der Waals surface area contributed by atoms with E-state index in [0.717, 1.165) is 5.56 Å². The van der Waals surface area contributed by atoms with E-state index in [1.165, 1.54) is 0 Å². The third-order valence-electron chi connectivity index (χ3n) is 4.69. The second kappa shape index (κ2) is 11.2. The fourth-order valence-corrected chi connectivity index (χ4v) is 3.76. The maximum absolute atomic E-state index is 13.3. The topological polar surface area (TPSA) is 49.4 Å². The summed E-state index contributed by atoms with van der Waals surface area (Å²) in [5, 5.41) is 3.83. The average molecular weight is 435 g/mol. The molecule has 1 atom stereocenters. The largest absolute Gasteiger partial charge is 0.352 e. The van der Waals surface area contributed by atoms with Crippen LogP contribution in [0.5, 0.6) is 0 Å². The van der Waals surface area contributed by atoms with Crippen molar-refractivity contribution in [2.75, 3.05) is 6.54 Å². The summed E-state index contributed by atoms with van der Waals surface area (Å²) in [5.74, 6) is -0.309. The van der Waals surface area contributed by atoms with Crippen molar-refractivity contribution >= 4 is 35.0 Å².